The largest absolute Gasteiger partial charge is 0.353 e. The van der Waals surface area contributed by atoms with Crippen molar-refractivity contribution in [3.8, 4) is 44.8 Å². The summed E-state index contributed by atoms with van der Waals surface area (Å²) < 4.78 is 14.5. The number of aryl methyl sites for hydroxylation is 2. The first kappa shape index (κ1) is 31.5. The summed E-state index contributed by atoms with van der Waals surface area (Å²) >= 11 is 0. The van der Waals surface area contributed by atoms with Crippen LogP contribution in [0.3, 0.4) is 0 Å². The van der Waals surface area contributed by atoms with Gasteiger partial charge in [-0.2, -0.15) is 4.39 Å². The first-order chi connectivity index (χ1) is 22.8. The summed E-state index contributed by atoms with van der Waals surface area (Å²) in [6.07, 6.45) is 1.86. The highest BCUT2D eigenvalue weighted by Gasteiger charge is 2.24. The normalized spacial score (nSPS) is 12.3. The second-order valence-electron chi connectivity index (χ2n) is 15.1. The van der Waals surface area contributed by atoms with Gasteiger partial charge in [0.1, 0.15) is 0 Å². The first-order valence-corrected chi connectivity index (χ1v) is 16.7. The molecule has 0 unspecified atom stereocenters. The number of aromatic nitrogens is 3. The number of fused-ring (bicyclic) bond motifs is 3. The smallest absolute Gasteiger partial charge is 0.213 e. The van der Waals surface area contributed by atoms with E-state index in [1.165, 1.54) is 44.7 Å². The van der Waals surface area contributed by atoms with Crippen LogP contribution in [0, 0.1) is 19.8 Å². The summed E-state index contributed by atoms with van der Waals surface area (Å²) in [4.78, 5) is 13.0. The number of H-pyrrole nitrogens is 1. The van der Waals surface area contributed by atoms with E-state index in [-0.39, 0.29) is 10.8 Å². The minimum absolute atomic E-state index is 0.0572. The molecule has 0 spiro atoms. The van der Waals surface area contributed by atoms with E-state index in [0.717, 1.165) is 44.5 Å². The number of hydrogen-bond donors (Lipinski definition) is 1. The number of pyridine rings is 2. The van der Waals surface area contributed by atoms with Crippen molar-refractivity contribution in [2.45, 2.75) is 66.2 Å². The molecule has 4 aromatic carbocycles. The van der Waals surface area contributed by atoms with Gasteiger partial charge in [-0.1, -0.05) is 71.9 Å². The Hall–Kier alpha value is -5.09. The van der Waals surface area contributed by atoms with Crippen LogP contribution < -0.4 is 0 Å². The van der Waals surface area contributed by atoms with Crippen LogP contribution in [0.4, 0.5) is 4.39 Å². The summed E-state index contributed by atoms with van der Waals surface area (Å²) in [6, 6.07) is 33.4. The second kappa shape index (κ2) is 11.6. The molecule has 0 saturated carbocycles. The zero-order valence-corrected chi connectivity index (χ0v) is 29.1. The fourth-order valence-electron chi connectivity index (χ4n) is 6.84. The SMILES string of the molecule is Cc1cccc(C)c1-c1cc(-c2cccc(F)n2)cc(-c2cc(C(C)(C)C)cc3c2[nH]c2c(-c4ccccn4)cc(C(C)(C)C)cc23)c1. The van der Waals surface area contributed by atoms with Crippen LogP contribution in [-0.4, -0.2) is 15.0 Å². The third-order valence-electron chi connectivity index (χ3n) is 9.51. The number of hydrogen-bond acceptors (Lipinski definition) is 2. The average Bonchev–Trinajstić information content (AvgIpc) is 3.42. The molecule has 0 saturated heterocycles. The molecular formula is C44H42FN3. The highest BCUT2D eigenvalue weighted by molar-refractivity contribution is 6.16. The van der Waals surface area contributed by atoms with Gasteiger partial charge in [-0.15, -0.1) is 0 Å². The Morgan fingerprint density at radius 1 is 0.562 bits per heavy atom. The van der Waals surface area contributed by atoms with Crippen LogP contribution >= 0.6 is 0 Å². The maximum absolute atomic E-state index is 14.5. The third-order valence-corrected chi connectivity index (χ3v) is 9.51. The minimum atomic E-state index is -0.490. The van der Waals surface area contributed by atoms with Crippen LogP contribution in [-0.2, 0) is 10.8 Å². The Kier molecular flexibility index (Phi) is 7.58. The van der Waals surface area contributed by atoms with Gasteiger partial charge >= 0.3 is 0 Å². The van der Waals surface area contributed by atoms with Gasteiger partial charge in [-0.25, -0.2) is 4.98 Å². The van der Waals surface area contributed by atoms with Gasteiger partial charge in [0.25, 0.3) is 0 Å². The summed E-state index contributed by atoms with van der Waals surface area (Å²) in [7, 11) is 0. The lowest BCUT2D eigenvalue weighted by Gasteiger charge is -2.22. The Morgan fingerprint density at radius 2 is 1.12 bits per heavy atom. The van der Waals surface area contributed by atoms with Gasteiger partial charge < -0.3 is 4.98 Å². The monoisotopic (exact) mass is 631 g/mol. The Balaban J connectivity index is 1.61. The van der Waals surface area contributed by atoms with Crippen LogP contribution in [0.2, 0.25) is 0 Å². The van der Waals surface area contributed by atoms with Gasteiger partial charge in [-0.3, -0.25) is 4.98 Å². The molecule has 3 aromatic heterocycles. The molecule has 4 heteroatoms. The van der Waals surface area contributed by atoms with Crippen LogP contribution in [0.1, 0.15) is 63.8 Å². The summed E-state index contributed by atoms with van der Waals surface area (Å²) in [5.41, 5.74) is 14.8. The lowest BCUT2D eigenvalue weighted by atomic mass is 9.82. The summed E-state index contributed by atoms with van der Waals surface area (Å²) in [5.74, 6) is -0.490. The fraction of sp³-hybridized carbons (Fsp3) is 0.227. The van der Waals surface area contributed by atoms with Gasteiger partial charge in [-0.05, 0) is 130 Å². The molecule has 0 amide bonds. The highest BCUT2D eigenvalue weighted by atomic mass is 19.1. The number of halogens is 1. The molecule has 3 nitrogen and oxygen atoms in total. The maximum Gasteiger partial charge on any atom is 0.213 e. The van der Waals surface area contributed by atoms with Crippen molar-refractivity contribution in [1.29, 1.82) is 0 Å². The molecule has 0 atom stereocenters. The molecule has 0 radical (unpaired) electrons. The number of nitrogens with one attached hydrogen (secondary N) is 1. The molecule has 48 heavy (non-hydrogen) atoms. The topological polar surface area (TPSA) is 41.6 Å². The zero-order chi connectivity index (χ0) is 34.0. The third kappa shape index (κ3) is 5.70. The van der Waals surface area contributed by atoms with Crippen molar-refractivity contribution >= 4 is 21.8 Å². The first-order valence-electron chi connectivity index (χ1n) is 16.7. The van der Waals surface area contributed by atoms with Crippen molar-refractivity contribution in [3.05, 3.63) is 131 Å². The lowest BCUT2D eigenvalue weighted by Crippen LogP contribution is -2.11. The van der Waals surface area contributed by atoms with Gasteiger partial charge in [0.15, 0.2) is 0 Å². The molecule has 0 fully saturated rings. The minimum Gasteiger partial charge on any atom is -0.353 e. The average molecular weight is 632 g/mol. The van der Waals surface area contributed by atoms with Gasteiger partial charge in [0.05, 0.1) is 22.4 Å². The van der Waals surface area contributed by atoms with Gasteiger partial charge in [0.2, 0.25) is 5.95 Å². The van der Waals surface area contributed by atoms with Crippen LogP contribution in [0.25, 0.3) is 66.6 Å². The molecule has 3 heterocycles. The van der Waals surface area contributed by atoms with Crippen LogP contribution in [0.5, 0.6) is 0 Å². The fourth-order valence-corrected chi connectivity index (χ4v) is 6.84. The van der Waals surface area contributed by atoms with Crippen molar-refractivity contribution in [1.82, 2.24) is 15.0 Å². The molecule has 240 valence electrons. The van der Waals surface area contributed by atoms with E-state index in [0.29, 0.717) is 5.69 Å². The predicted octanol–water partition coefficient (Wildman–Crippen LogP) is 12.1. The summed E-state index contributed by atoms with van der Waals surface area (Å²) in [5, 5.41) is 2.36. The zero-order valence-electron chi connectivity index (χ0n) is 29.1. The number of nitrogens with zero attached hydrogens (tertiary/aromatic N) is 2. The molecule has 0 aliphatic carbocycles. The van der Waals surface area contributed by atoms with Gasteiger partial charge in [0, 0.05) is 33.7 Å². The van der Waals surface area contributed by atoms with E-state index >= 15 is 0 Å². The standard InChI is InChI=1S/C44H42FN3/c1-26-13-11-14-27(2)40(26)30-20-28(19-29(21-30)37-16-12-17-39(45)47-37)33-22-31(43(3,4)5)23-34-35-24-32(44(6,7)8)25-36(42(35)48-41(33)34)38-15-9-10-18-46-38/h9-25,48H,1-8H3. The molecule has 7 rings (SSSR count). The number of aromatic amines is 1. The quantitative estimate of drug-likeness (QED) is 0.196. The van der Waals surface area contributed by atoms with Crippen molar-refractivity contribution in [2.75, 3.05) is 0 Å². The molecule has 7 aromatic rings. The Bertz CT molecular complexity index is 2310. The highest BCUT2D eigenvalue weighted by Crippen LogP contribution is 2.44. The second-order valence-corrected chi connectivity index (χ2v) is 15.1. The molecule has 0 bridgehead atoms. The molecular weight excluding hydrogens is 590 g/mol. The molecule has 0 aliphatic heterocycles. The van der Waals surface area contributed by atoms with Crippen molar-refractivity contribution in [3.63, 3.8) is 0 Å². The van der Waals surface area contributed by atoms with Crippen molar-refractivity contribution < 1.29 is 4.39 Å². The Labute approximate surface area is 282 Å². The number of benzene rings is 4. The van der Waals surface area contributed by atoms with E-state index in [4.69, 9.17) is 4.98 Å². The van der Waals surface area contributed by atoms with E-state index in [1.807, 2.05) is 24.4 Å². The summed E-state index contributed by atoms with van der Waals surface area (Å²) in [6.45, 7) is 17.9. The predicted molar refractivity (Wildman–Crippen MR) is 200 cm³/mol. The lowest BCUT2D eigenvalue weighted by molar-refractivity contribution is 0.585. The molecule has 0 aliphatic rings. The van der Waals surface area contributed by atoms with E-state index in [2.05, 4.69) is 132 Å². The number of rotatable bonds is 4. The van der Waals surface area contributed by atoms with E-state index < -0.39 is 5.95 Å². The van der Waals surface area contributed by atoms with Crippen molar-refractivity contribution in [2.24, 2.45) is 0 Å². The molecule has 1 N–H and O–H groups in total. The maximum atomic E-state index is 14.5. The Morgan fingerprint density at radius 3 is 1.73 bits per heavy atom. The van der Waals surface area contributed by atoms with E-state index in [9.17, 15) is 4.39 Å². The van der Waals surface area contributed by atoms with Crippen LogP contribution in [0.15, 0.2) is 103 Å². The van der Waals surface area contributed by atoms with E-state index in [1.54, 1.807) is 6.07 Å².